The van der Waals surface area contributed by atoms with Crippen LogP contribution >= 0.6 is 0 Å². The van der Waals surface area contributed by atoms with Gasteiger partial charge >= 0.3 is 0 Å². The number of piperidine rings is 1. The fraction of sp³-hybridized carbons (Fsp3) is 0.550. The summed E-state index contributed by atoms with van der Waals surface area (Å²) < 4.78 is 0. The van der Waals surface area contributed by atoms with Crippen LogP contribution in [0.1, 0.15) is 36.9 Å². The second-order valence-corrected chi connectivity index (χ2v) is 7.85. The molecule has 0 radical (unpaired) electrons. The van der Waals surface area contributed by atoms with Crippen LogP contribution in [0.3, 0.4) is 0 Å². The molecule has 1 saturated carbocycles. The number of likely N-dealkylation sites (tertiary alicyclic amines) is 1. The molecule has 0 bridgehead atoms. The predicted molar refractivity (Wildman–Crippen MR) is 94.8 cm³/mol. The molecular weight excluding hydrogens is 298 g/mol. The number of nitrogens with zero attached hydrogens (tertiary/aromatic N) is 2. The van der Waals surface area contributed by atoms with E-state index in [2.05, 4.69) is 39.0 Å². The molecule has 1 aromatic heterocycles. The molecule has 1 N–H and O–H groups in total. The van der Waals surface area contributed by atoms with Crippen LogP contribution < -0.4 is 0 Å². The lowest BCUT2D eigenvalue weighted by Crippen LogP contribution is -2.56. The zero-order valence-electron chi connectivity index (χ0n) is 14.1. The molecule has 1 spiro atoms. The SMILES string of the molecule is O=CN1CCc2c([nH]c3ccccc23)C12CCN(CC1CC1)CC2. The van der Waals surface area contributed by atoms with E-state index in [4.69, 9.17) is 0 Å². The van der Waals surface area contributed by atoms with Crippen molar-refractivity contribution in [2.75, 3.05) is 26.2 Å². The largest absolute Gasteiger partial charge is 0.356 e. The summed E-state index contributed by atoms with van der Waals surface area (Å²) in [4.78, 5) is 20.2. The molecule has 2 aliphatic heterocycles. The van der Waals surface area contributed by atoms with Crippen molar-refractivity contribution in [2.45, 2.75) is 37.6 Å². The molecule has 24 heavy (non-hydrogen) atoms. The van der Waals surface area contributed by atoms with Gasteiger partial charge in [-0.1, -0.05) is 18.2 Å². The Hall–Kier alpha value is -1.81. The summed E-state index contributed by atoms with van der Waals surface area (Å²) in [6.07, 6.45) is 6.98. The first-order valence-electron chi connectivity index (χ1n) is 9.35. The fourth-order valence-corrected chi connectivity index (χ4v) is 4.91. The van der Waals surface area contributed by atoms with E-state index in [-0.39, 0.29) is 5.54 Å². The van der Waals surface area contributed by atoms with Gasteiger partial charge in [-0.05, 0) is 49.7 Å². The van der Waals surface area contributed by atoms with Gasteiger partial charge < -0.3 is 14.8 Å². The molecule has 4 heteroatoms. The van der Waals surface area contributed by atoms with Crippen LogP contribution in [0.4, 0.5) is 0 Å². The Bertz CT molecular complexity index is 768. The topological polar surface area (TPSA) is 39.3 Å². The lowest BCUT2D eigenvalue weighted by Gasteiger charge is -2.49. The summed E-state index contributed by atoms with van der Waals surface area (Å²) in [6, 6.07) is 8.59. The van der Waals surface area contributed by atoms with Crippen molar-refractivity contribution in [1.29, 1.82) is 0 Å². The highest BCUT2D eigenvalue weighted by Gasteiger charge is 2.46. The van der Waals surface area contributed by atoms with Crippen molar-refractivity contribution < 1.29 is 4.79 Å². The van der Waals surface area contributed by atoms with Gasteiger partial charge in [0.15, 0.2) is 0 Å². The van der Waals surface area contributed by atoms with Crippen molar-refractivity contribution in [3.63, 3.8) is 0 Å². The zero-order valence-corrected chi connectivity index (χ0v) is 14.1. The number of fused-ring (bicyclic) bond motifs is 4. The number of amides is 1. The van der Waals surface area contributed by atoms with E-state index in [9.17, 15) is 4.79 Å². The Kier molecular flexibility index (Phi) is 3.24. The van der Waals surface area contributed by atoms with Crippen molar-refractivity contribution >= 4 is 17.3 Å². The molecule has 1 aliphatic carbocycles. The first-order valence-corrected chi connectivity index (χ1v) is 9.35. The highest BCUT2D eigenvalue weighted by atomic mass is 16.1. The van der Waals surface area contributed by atoms with Gasteiger partial charge in [-0.15, -0.1) is 0 Å². The van der Waals surface area contributed by atoms with Crippen molar-refractivity contribution in [1.82, 2.24) is 14.8 Å². The third-order valence-corrected chi connectivity index (χ3v) is 6.46. The average molecular weight is 323 g/mol. The monoisotopic (exact) mass is 323 g/mol. The number of carbonyl (C=O) groups excluding carboxylic acids is 1. The molecule has 2 aromatic rings. The quantitative estimate of drug-likeness (QED) is 0.882. The number of aromatic amines is 1. The third-order valence-electron chi connectivity index (χ3n) is 6.46. The minimum Gasteiger partial charge on any atom is -0.356 e. The van der Waals surface area contributed by atoms with Crippen LogP contribution in [-0.2, 0) is 16.8 Å². The van der Waals surface area contributed by atoms with Gasteiger partial charge in [0.2, 0.25) is 6.41 Å². The van der Waals surface area contributed by atoms with Gasteiger partial charge in [-0.25, -0.2) is 0 Å². The highest BCUT2D eigenvalue weighted by molar-refractivity contribution is 5.85. The number of rotatable bonds is 3. The molecule has 3 aliphatic rings. The van der Waals surface area contributed by atoms with Gasteiger partial charge in [0.1, 0.15) is 0 Å². The molecule has 0 unspecified atom stereocenters. The van der Waals surface area contributed by atoms with Crippen LogP contribution in [0.5, 0.6) is 0 Å². The molecule has 0 atom stereocenters. The van der Waals surface area contributed by atoms with Crippen molar-refractivity contribution in [3.05, 3.63) is 35.5 Å². The standard InChI is InChI=1S/C20H25N3O/c24-14-23-10-7-17-16-3-1-2-4-18(16)21-19(17)20(23)8-11-22(12-9-20)13-15-5-6-15/h1-4,14-15,21H,5-13H2. The Morgan fingerprint density at radius 3 is 2.71 bits per heavy atom. The number of H-pyrrole nitrogens is 1. The molecule has 1 amide bonds. The minimum atomic E-state index is -0.117. The zero-order chi connectivity index (χ0) is 16.1. The summed E-state index contributed by atoms with van der Waals surface area (Å²) in [7, 11) is 0. The van der Waals surface area contributed by atoms with Crippen LogP contribution in [0, 0.1) is 5.92 Å². The lowest BCUT2D eigenvalue weighted by molar-refractivity contribution is -0.127. The van der Waals surface area contributed by atoms with E-state index in [1.807, 2.05) is 0 Å². The van der Waals surface area contributed by atoms with Crippen LogP contribution in [-0.4, -0.2) is 47.4 Å². The van der Waals surface area contributed by atoms with Gasteiger partial charge in [-0.3, -0.25) is 4.79 Å². The Morgan fingerprint density at radius 1 is 1.17 bits per heavy atom. The second-order valence-electron chi connectivity index (χ2n) is 7.85. The summed E-state index contributed by atoms with van der Waals surface area (Å²) in [6.45, 7) is 4.32. The maximum absolute atomic E-state index is 11.8. The first-order chi connectivity index (χ1) is 11.8. The predicted octanol–water partition coefficient (Wildman–Crippen LogP) is 2.88. The molecule has 1 saturated heterocycles. The van der Waals surface area contributed by atoms with Crippen LogP contribution in [0.25, 0.3) is 10.9 Å². The number of hydrogen-bond donors (Lipinski definition) is 1. The van der Waals surface area contributed by atoms with E-state index in [1.165, 1.54) is 41.5 Å². The number of aromatic nitrogens is 1. The normalized spacial score (nSPS) is 23.6. The van der Waals surface area contributed by atoms with E-state index < -0.39 is 0 Å². The maximum atomic E-state index is 11.8. The van der Waals surface area contributed by atoms with Gasteiger partial charge in [0.05, 0.1) is 5.54 Å². The molecule has 126 valence electrons. The number of carbonyl (C=O) groups is 1. The number of para-hydroxylation sites is 1. The Balaban J connectivity index is 1.52. The summed E-state index contributed by atoms with van der Waals surface area (Å²) >= 11 is 0. The van der Waals surface area contributed by atoms with E-state index in [0.29, 0.717) is 0 Å². The second kappa shape index (κ2) is 5.35. The first kappa shape index (κ1) is 14.5. The molecule has 3 heterocycles. The molecule has 5 rings (SSSR count). The molecule has 2 fully saturated rings. The number of nitrogens with one attached hydrogen (secondary N) is 1. The van der Waals surface area contributed by atoms with Crippen molar-refractivity contribution in [3.8, 4) is 0 Å². The Labute approximate surface area is 142 Å². The summed E-state index contributed by atoms with van der Waals surface area (Å²) in [5, 5.41) is 1.35. The molecule has 4 nitrogen and oxygen atoms in total. The number of hydrogen-bond acceptors (Lipinski definition) is 2. The van der Waals surface area contributed by atoms with E-state index >= 15 is 0 Å². The Morgan fingerprint density at radius 2 is 1.96 bits per heavy atom. The highest BCUT2D eigenvalue weighted by Crippen LogP contribution is 2.45. The van der Waals surface area contributed by atoms with Gasteiger partial charge in [0.25, 0.3) is 0 Å². The van der Waals surface area contributed by atoms with E-state index in [0.717, 1.165) is 51.2 Å². The van der Waals surface area contributed by atoms with Gasteiger partial charge in [0, 0.05) is 42.8 Å². The van der Waals surface area contributed by atoms with Gasteiger partial charge in [-0.2, -0.15) is 0 Å². The fourth-order valence-electron chi connectivity index (χ4n) is 4.91. The molecule has 1 aromatic carbocycles. The molecular formula is C20H25N3O. The number of benzene rings is 1. The van der Waals surface area contributed by atoms with Crippen molar-refractivity contribution in [2.24, 2.45) is 5.92 Å². The minimum absolute atomic E-state index is 0.117. The third kappa shape index (κ3) is 2.12. The van der Waals surface area contributed by atoms with E-state index in [1.54, 1.807) is 0 Å². The summed E-state index contributed by atoms with van der Waals surface area (Å²) in [5.41, 5.74) is 3.86. The lowest BCUT2D eigenvalue weighted by atomic mass is 9.78. The summed E-state index contributed by atoms with van der Waals surface area (Å²) in [5.74, 6) is 0.941. The van der Waals surface area contributed by atoms with Crippen LogP contribution in [0.2, 0.25) is 0 Å². The maximum Gasteiger partial charge on any atom is 0.210 e. The smallest absolute Gasteiger partial charge is 0.210 e. The van der Waals surface area contributed by atoms with Crippen LogP contribution in [0.15, 0.2) is 24.3 Å². The average Bonchev–Trinajstić information content (AvgIpc) is 3.35.